The first kappa shape index (κ1) is 32.5. The van der Waals surface area contributed by atoms with E-state index in [9.17, 15) is 9.90 Å². The van der Waals surface area contributed by atoms with E-state index in [2.05, 4.69) is 46.7 Å². The summed E-state index contributed by atoms with van der Waals surface area (Å²) in [5, 5.41) is 11.4. The Morgan fingerprint density at radius 1 is 1.04 bits per heavy atom. The predicted octanol–water partition coefficient (Wildman–Crippen LogP) is 6.68. The Bertz CT molecular complexity index is 2100. The molecule has 2 aromatic carbocycles. The molecule has 2 aliphatic heterocycles. The minimum atomic E-state index is -0.663. The van der Waals surface area contributed by atoms with Crippen molar-refractivity contribution in [1.82, 2.24) is 24.8 Å². The van der Waals surface area contributed by atoms with E-state index in [-0.39, 0.29) is 42.1 Å². The van der Waals surface area contributed by atoms with Gasteiger partial charge in [-0.15, -0.1) is 0 Å². The molecule has 5 heterocycles. The van der Waals surface area contributed by atoms with Crippen LogP contribution in [0.2, 0.25) is 0 Å². The molecule has 2 atom stereocenters. The second-order valence-electron chi connectivity index (χ2n) is 13.8. The molecule has 1 amide bonds. The average molecular weight is 679 g/mol. The number of rotatable bonds is 7. The molecule has 5 aromatic rings. The number of aromatic amines is 1. The summed E-state index contributed by atoms with van der Waals surface area (Å²) in [5.41, 5.74) is 5.34. The second-order valence-corrected chi connectivity index (χ2v) is 13.8. The van der Waals surface area contributed by atoms with E-state index in [0.717, 1.165) is 55.0 Å². The van der Waals surface area contributed by atoms with Crippen LogP contribution >= 0.6 is 0 Å². The molecule has 2 unspecified atom stereocenters. The maximum absolute atomic E-state index is 15.5. The average Bonchev–Trinajstić information content (AvgIpc) is 3.90. The number of benzene rings is 2. The van der Waals surface area contributed by atoms with Gasteiger partial charge in [-0.3, -0.25) is 14.7 Å². The first-order valence-corrected chi connectivity index (χ1v) is 17.3. The van der Waals surface area contributed by atoms with Crippen molar-refractivity contribution in [3.05, 3.63) is 94.8 Å². The zero-order valence-corrected chi connectivity index (χ0v) is 28.4. The molecule has 1 saturated heterocycles. The Labute approximate surface area is 289 Å². The normalized spacial score (nSPS) is 19.4. The van der Waals surface area contributed by atoms with Crippen LogP contribution in [-0.4, -0.2) is 81.6 Å². The standard InChI is InChI=1S/C39H40F2N6O3/c1-22-20-46(11-10-45(22)3)23(2)25-6-7-33(43-19-25)34-18-30-28(8-9-42-38(30)44-34)29-16-27(40)17-35(31(29)21-48)47-12-13-50-36-15-26(24-4-5-24)14-32(41)37(36)39(47)49/h6-9,14-19,22-24,48H,4-5,10-13,20-21H2,1-3H3,(H,42,44). The van der Waals surface area contributed by atoms with E-state index in [1.807, 2.05) is 18.3 Å². The van der Waals surface area contributed by atoms with Crippen molar-refractivity contribution in [2.24, 2.45) is 0 Å². The molecule has 0 spiro atoms. The highest BCUT2D eigenvalue weighted by Crippen LogP contribution is 2.44. The number of carbonyl (C=O) groups is 1. The van der Waals surface area contributed by atoms with Gasteiger partial charge in [0.15, 0.2) is 0 Å². The molecule has 8 rings (SSSR count). The second kappa shape index (κ2) is 12.9. The van der Waals surface area contributed by atoms with Crippen molar-refractivity contribution >= 4 is 22.6 Å². The number of likely N-dealkylation sites (N-methyl/N-ethyl adjacent to an activating group) is 1. The van der Waals surface area contributed by atoms with Crippen LogP contribution in [-0.2, 0) is 6.61 Å². The fraction of sp³-hybridized carbons (Fsp3) is 0.359. The van der Waals surface area contributed by atoms with Crippen molar-refractivity contribution in [2.45, 2.75) is 51.3 Å². The Hall–Kier alpha value is -4.71. The van der Waals surface area contributed by atoms with E-state index in [0.29, 0.717) is 33.8 Å². The number of hydrogen-bond donors (Lipinski definition) is 2. The molecule has 1 aliphatic carbocycles. The number of carbonyl (C=O) groups excluding carboxylic acids is 1. The molecule has 11 heteroatoms. The number of anilines is 1. The largest absolute Gasteiger partial charge is 0.491 e. The number of pyridine rings is 2. The maximum atomic E-state index is 15.5. The predicted molar refractivity (Wildman–Crippen MR) is 188 cm³/mol. The van der Waals surface area contributed by atoms with Crippen LogP contribution in [0.3, 0.4) is 0 Å². The van der Waals surface area contributed by atoms with Crippen LogP contribution in [0, 0.1) is 11.6 Å². The first-order chi connectivity index (χ1) is 24.2. The summed E-state index contributed by atoms with van der Waals surface area (Å²) in [7, 11) is 2.17. The number of amides is 1. The lowest BCUT2D eigenvalue weighted by Gasteiger charge is -2.40. The number of aliphatic hydroxyl groups excluding tert-OH is 1. The highest BCUT2D eigenvalue weighted by molar-refractivity contribution is 6.09. The number of ether oxygens (including phenoxy) is 1. The third-order valence-electron chi connectivity index (χ3n) is 10.7. The number of H-pyrrole nitrogens is 1. The van der Waals surface area contributed by atoms with Gasteiger partial charge in [0.2, 0.25) is 0 Å². The molecular weight excluding hydrogens is 638 g/mol. The topological polar surface area (TPSA) is 97.8 Å². The summed E-state index contributed by atoms with van der Waals surface area (Å²) in [6.07, 6.45) is 5.50. The van der Waals surface area contributed by atoms with Gasteiger partial charge in [-0.1, -0.05) is 6.07 Å². The minimum Gasteiger partial charge on any atom is -0.491 e. The fourth-order valence-corrected chi connectivity index (χ4v) is 7.41. The van der Waals surface area contributed by atoms with Crippen molar-refractivity contribution in [3.8, 4) is 28.3 Å². The molecule has 3 aromatic heterocycles. The van der Waals surface area contributed by atoms with E-state index in [1.165, 1.54) is 23.1 Å². The monoisotopic (exact) mass is 678 g/mol. The van der Waals surface area contributed by atoms with Crippen LogP contribution in [0.5, 0.6) is 5.75 Å². The first-order valence-electron chi connectivity index (χ1n) is 17.3. The summed E-state index contributed by atoms with van der Waals surface area (Å²) >= 11 is 0. The number of aromatic nitrogens is 3. The van der Waals surface area contributed by atoms with Crippen molar-refractivity contribution in [1.29, 1.82) is 0 Å². The molecular formula is C39H40F2N6O3. The smallest absolute Gasteiger partial charge is 0.265 e. The van der Waals surface area contributed by atoms with Gasteiger partial charge in [-0.2, -0.15) is 0 Å². The SMILES string of the molecule is CC1CN(C(C)c2ccc(-c3cc4c(-c5cc(F)cc(N6CCOc7cc(C8CC8)cc(F)c7C6=O)c5CO)ccnc4[nH]3)nc2)CCN1C. The van der Waals surface area contributed by atoms with Gasteiger partial charge in [0, 0.05) is 55.1 Å². The molecule has 258 valence electrons. The lowest BCUT2D eigenvalue weighted by Crippen LogP contribution is -2.50. The van der Waals surface area contributed by atoms with Crippen LogP contribution in [0.25, 0.3) is 33.5 Å². The summed E-state index contributed by atoms with van der Waals surface area (Å²) < 4.78 is 36.9. The Balaban J connectivity index is 1.13. The van der Waals surface area contributed by atoms with Gasteiger partial charge in [-0.25, -0.2) is 13.8 Å². The summed E-state index contributed by atoms with van der Waals surface area (Å²) in [6.45, 7) is 7.15. The van der Waals surface area contributed by atoms with Crippen molar-refractivity contribution in [3.63, 3.8) is 0 Å². The Morgan fingerprint density at radius 3 is 2.62 bits per heavy atom. The highest BCUT2D eigenvalue weighted by Gasteiger charge is 2.33. The third-order valence-corrected chi connectivity index (χ3v) is 10.7. The van der Waals surface area contributed by atoms with Crippen LogP contribution in [0.15, 0.2) is 60.9 Å². The zero-order chi connectivity index (χ0) is 34.7. The number of nitrogens with one attached hydrogen (secondary N) is 1. The molecule has 2 N–H and O–H groups in total. The molecule has 3 aliphatic rings. The number of halogens is 2. The van der Waals surface area contributed by atoms with E-state index < -0.39 is 24.1 Å². The van der Waals surface area contributed by atoms with Crippen LogP contribution < -0.4 is 9.64 Å². The lowest BCUT2D eigenvalue weighted by molar-refractivity contribution is 0.0773. The fourth-order valence-electron chi connectivity index (χ4n) is 7.41. The Morgan fingerprint density at radius 2 is 1.88 bits per heavy atom. The molecule has 0 radical (unpaired) electrons. The molecule has 0 bridgehead atoms. The number of nitrogens with zero attached hydrogens (tertiary/aromatic N) is 5. The van der Waals surface area contributed by atoms with Gasteiger partial charge in [0.25, 0.3) is 5.91 Å². The quantitative estimate of drug-likeness (QED) is 0.198. The lowest BCUT2D eigenvalue weighted by atomic mass is 9.95. The Kier molecular flexibility index (Phi) is 8.37. The summed E-state index contributed by atoms with van der Waals surface area (Å²) in [4.78, 5) is 32.8. The van der Waals surface area contributed by atoms with Crippen LogP contribution in [0.4, 0.5) is 14.5 Å². The van der Waals surface area contributed by atoms with E-state index >= 15 is 8.78 Å². The summed E-state index contributed by atoms with van der Waals surface area (Å²) in [6, 6.07) is 14.2. The highest BCUT2D eigenvalue weighted by atomic mass is 19.1. The minimum absolute atomic E-state index is 0.0514. The van der Waals surface area contributed by atoms with E-state index in [4.69, 9.17) is 9.72 Å². The van der Waals surface area contributed by atoms with Crippen LogP contribution in [0.1, 0.15) is 65.7 Å². The van der Waals surface area contributed by atoms with Gasteiger partial charge in [-0.05, 0) is 104 Å². The van der Waals surface area contributed by atoms with Gasteiger partial charge in [0.1, 0.15) is 35.2 Å². The summed E-state index contributed by atoms with van der Waals surface area (Å²) in [5.74, 6) is -1.43. The molecule has 1 saturated carbocycles. The number of aliphatic hydroxyl groups is 1. The number of fused-ring (bicyclic) bond motifs is 2. The van der Waals surface area contributed by atoms with Gasteiger partial charge in [0.05, 0.1) is 30.2 Å². The molecule has 2 fully saturated rings. The van der Waals surface area contributed by atoms with E-state index in [1.54, 1.807) is 18.3 Å². The van der Waals surface area contributed by atoms with Gasteiger partial charge >= 0.3 is 0 Å². The molecule has 50 heavy (non-hydrogen) atoms. The van der Waals surface area contributed by atoms with Crippen molar-refractivity contribution in [2.75, 3.05) is 44.7 Å². The number of hydrogen-bond acceptors (Lipinski definition) is 7. The third kappa shape index (κ3) is 5.82. The zero-order valence-electron chi connectivity index (χ0n) is 28.4. The molecule has 9 nitrogen and oxygen atoms in total. The van der Waals surface area contributed by atoms with Gasteiger partial charge < -0.3 is 24.6 Å². The maximum Gasteiger partial charge on any atom is 0.265 e. The van der Waals surface area contributed by atoms with Crippen molar-refractivity contribution < 1.29 is 23.4 Å². The number of piperazine rings is 1.